The Labute approximate surface area is 152 Å². The van der Waals surface area contributed by atoms with Gasteiger partial charge in [-0.3, -0.25) is 0 Å². The molecule has 0 amide bonds. The molecule has 0 atom stereocenters. The molecule has 1 heterocycles. The molecule has 0 unspecified atom stereocenters. The van der Waals surface area contributed by atoms with E-state index in [1.807, 2.05) is 48.9 Å². The normalized spacial score (nSPS) is 11.5. The Hall–Kier alpha value is -1.85. The zero-order valence-electron chi connectivity index (χ0n) is 14.1. The van der Waals surface area contributed by atoms with Crippen molar-refractivity contribution in [2.45, 2.75) is 20.0 Å². The molecule has 0 spiro atoms. The minimum Gasteiger partial charge on any atom is -0.497 e. The average molecular weight is 369 g/mol. The summed E-state index contributed by atoms with van der Waals surface area (Å²) in [7, 11) is 3.54. The summed E-state index contributed by atoms with van der Waals surface area (Å²) in [5, 5.41) is 7.60. The van der Waals surface area contributed by atoms with E-state index in [-0.39, 0.29) is 0 Å². The van der Waals surface area contributed by atoms with Gasteiger partial charge in [-0.1, -0.05) is 35.3 Å². The molecule has 0 fully saturated rings. The Morgan fingerprint density at radius 3 is 2.67 bits per heavy atom. The van der Waals surface area contributed by atoms with Crippen molar-refractivity contribution >= 4 is 29.2 Å². The van der Waals surface area contributed by atoms with Crippen LogP contribution in [0.25, 0.3) is 0 Å². The lowest BCUT2D eigenvalue weighted by Crippen LogP contribution is -2.37. The number of aliphatic imine (C=N–C) groups is 1. The fraction of sp³-hybridized carbons (Fsp3) is 0.353. The van der Waals surface area contributed by atoms with Crippen LogP contribution < -0.4 is 15.4 Å². The van der Waals surface area contributed by atoms with Gasteiger partial charge in [-0.05, 0) is 30.7 Å². The second-order valence-electron chi connectivity index (χ2n) is 5.23. The van der Waals surface area contributed by atoms with E-state index in [0.29, 0.717) is 23.3 Å². The quantitative estimate of drug-likeness (QED) is 0.604. The van der Waals surface area contributed by atoms with Crippen LogP contribution in [-0.4, -0.2) is 24.2 Å². The van der Waals surface area contributed by atoms with Gasteiger partial charge in [0.2, 0.25) is 0 Å². The molecule has 1 aromatic carbocycles. The number of nitrogens with zero attached hydrogens (tertiary/aromatic N) is 2. The zero-order valence-corrected chi connectivity index (χ0v) is 15.6. The molecule has 2 N–H and O–H groups in total. The maximum Gasteiger partial charge on any atom is 0.191 e. The van der Waals surface area contributed by atoms with Gasteiger partial charge >= 0.3 is 0 Å². The Morgan fingerprint density at radius 1 is 1.25 bits per heavy atom. The Morgan fingerprint density at radius 2 is 2.04 bits per heavy atom. The van der Waals surface area contributed by atoms with Crippen molar-refractivity contribution in [2.75, 3.05) is 13.7 Å². The highest BCUT2D eigenvalue weighted by molar-refractivity contribution is 6.41. The predicted molar refractivity (Wildman–Crippen MR) is 100 cm³/mol. The molecule has 2 aromatic rings. The summed E-state index contributed by atoms with van der Waals surface area (Å²) in [6.45, 7) is 3.94. The first-order chi connectivity index (χ1) is 11.5. The molecular formula is C17H22Cl2N4O. The lowest BCUT2D eigenvalue weighted by Gasteiger charge is -2.12. The van der Waals surface area contributed by atoms with Crippen LogP contribution in [0.3, 0.4) is 0 Å². The first kappa shape index (κ1) is 18.5. The van der Waals surface area contributed by atoms with Gasteiger partial charge in [0.15, 0.2) is 5.96 Å². The minimum absolute atomic E-state index is 0.534. The lowest BCUT2D eigenvalue weighted by atomic mass is 10.2. The number of rotatable bonds is 6. The summed E-state index contributed by atoms with van der Waals surface area (Å²) in [6, 6.07) is 9.72. The van der Waals surface area contributed by atoms with Gasteiger partial charge in [-0.25, -0.2) is 4.99 Å². The van der Waals surface area contributed by atoms with E-state index < -0.39 is 0 Å². The summed E-state index contributed by atoms with van der Waals surface area (Å²) >= 11 is 12.1. The van der Waals surface area contributed by atoms with Crippen molar-refractivity contribution in [2.24, 2.45) is 12.0 Å². The highest BCUT2D eigenvalue weighted by atomic mass is 35.5. The fourth-order valence-electron chi connectivity index (χ4n) is 2.22. The number of guanidine groups is 1. The van der Waals surface area contributed by atoms with Crippen LogP contribution >= 0.6 is 23.2 Å². The largest absolute Gasteiger partial charge is 0.497 e. The molecule has 0 aliphatic heterocycles. The van der Waals surface area contributed by atoms with E-state index in [1.165, 1.54) is 0 Å². The molecule has 0 radical (unpaired) electrons. The number of hydrogen-bond acceptors (Lipinski definition) is 2. The Balaban J connectivity index is 2.03. The van der Waals surface area contributed by atoms with Crippen LogP contribution in [0.4, 0.5) is 0 Å². The van der Waals surface area contributed by atoms with Crippen molar-refractivity contribution in [3.63, 3.8) is 0 Å². The van der Waals surface area contributed by atoms with E-state index in [4.69, 9.17) is 27.9 Å². The molecule has 0 aliphatic carbocycles. The smallest absolute Gasteiger partial charge is 0.191 e. The number of aromatic nitrogens is 1. The van der Waals surface area contributed by atoms with Crippen molar-refractivity contribution < 1.29 is 4.74 Å². The first-order valence-electron chi connectivity index (χ1n) is 7.69. The first-order valence-corrected chi connectivity index (χ1v) is 8.45. The van der Waals surface area contributed by atoms with Gasteiger partial charge in [-0.2, -0.15) is 0 Å². The number of benzene rings is 1. The zero-order chi connectivity index (χ0) is 17.5. The number of ether oxygens (including phenoxy) is 1. The summed E-state index contributed by atoms with van der Waals surface area (Å²) in [6.07, 6.45) is 0. The maximum atomic E-state index is 6.09. The third-order valence-corrected chi connectivity index (χ3v) is 4.39. The molecule has 0 saturated heterocycles. The van der Waals surface area contributed by atoms with Crippen LogP contribution in [-0.2, 0) is 20.1 Å². The molecule has 2 rings (SSSR count). The average Bonchev–Trinajstić information content (AvgIpc) is 2.84. The topological polar surface area (TPSA) is 50.6 Å². The van der Waals surface area contributed by atoms with Crippen LogP contribution in [0.2, 0.25) is 10.2 Å². The number of nitrogens with one attached hydrogen (secondary N) is 2. The highest BCUT2D eigenvalue weighted by Gasteiger charge is 2.09. The predicted octanol–water partition coefficient (Wildman–Crippen LogP) is 3.60. The molecular weight excluding hydrogens is 347 g/mol. The second kappa shape index (κ2) is 8.85. The van der Waals surface area contributed by atoms with Gasteiger partial charge in [0.25, 0.3) is 0 Å². The Kier molecular flexibility index (Phi) is 6.82. The molecule has 24 heavy (non-hydrogen) atoms. The second-order valence-corrected chi connectivity index (χ2v) is 6.00. The highest BCUT2D eigenvalue weighted by Crippen LogP contribution is 2.24. The van der Waals surface area contributed by atoms with Gasteiger partial charge in [0.1, 0.15) is 10.9 Å². The fourth-order valence-corrected chi connectivity index (χ4v) is 2.63. The van der Waals surface area contributed by atoms with Crippen LogP contribution in [0, 0.1) is 0 Å². The Bertz CT molecular complexity index is 713. The van der Waals surface area contributed by atoms with Gasteiger partial charge in [0.05, 0.1) is 25.2 Å². The number of halogens is 2. The lowest BCUT2D eigenvalue weighted by molar-refractivity contribution is 0.414. The molecule has 130 valence electrons. The summed E-state index contributed by atoms with van der Waals surface area (Å²) in [5.74, 6) is 1.56. The van der Waals surface area contributed by atoms with Crippen molar-refractivity contribution in [1.29, 1.82) is 0 Å². The van der Waals surface area contributed by atoms with Crippen LogP contribution in [0.5, 0.6) is 5.75 Å². The van der Waals surface area contributed by atoms with Gasteiger partial charge in [-0.15, -0.1) is 0 Å². The number of hydrogen-bond donors (Lipinski definition) is 2. The third kappa shape index (κ3) is 4.82. The molecule has 0 aliphatic rings. The van der Waals surface area contributed by atoms with Gasteiger partial charge in [0, 0.05) is 19.3 Å². The SMILES string of the molecule is CCNC(=NCc1cccc(OC)c1)NCc1cc(Cl)c(Cl)n1C. The summed E-state index contributed by atoms with van der Waals surface area (Å²) in [5.41, 5.74) is 2.06. The minimum atomic E-state index is 0.534. The number of methoxy groups -OCH3 is 1. The van der Waals surface area contributed by atoms with E-state index in [2.05, 4.69) is 15.6 Å². The van der Waals surface area contributed by atoms with Crippen molar-refractivity contribution in [3.05, 3.63) is 51.8 Å². The molecule has 0 saturated carbocycles. The monoisotopic (exact) mass is 368 g/mol. The van der Waals surface area contributed by atoms with Crippen LogP contribution in [0.15, 0.2) is 35.3 Å². The molecule has 7 heteroatoms. The molecule has 0 bridgehead atoms. The summed E-state index contributed by atoms with van der Waals surface area (Å²) < 4.78 is 7.08. The van der Waals surface area contributed by atoms with Crippen molar-refractivity contribution in [3.8, 4) is 5.75 Å². The third-order valence-electron chi connectivity index (χ3n) is 3.55. The summed E-state index contributed by atoms with van der Waals surface area (Å²) in [4.78, 5) is 4.60. The van der Waals surface area contributed by atoms with E-state index >= 15 is 0 Å². The van der Waals surface area contributed by atoms with Gasteiger partial charge < -0.3 is 19.9 Å². The van der Waals surface area contributed by atoms with Crippen molar-refractivity contribution in [1.82, 2.24) is 15.2 Å². The van der Waals surface area contributed by atoms with E-state index in [1.54, 1.807) is 7.11 Å². The standard InChI is InChI=1S/C17H22Cl2N4O/c1-4-20-17(21-10-12-6-5-7-14(8-12)24-3)22-11-13-9-15(18)16(19)23(13)2/h5-9H,4,10-11H2,1-3H3,(H2,20,21,22). The molecule has 1 aromatic heterocycles. The van der Waals surface area contributed by atoms with E-state index in [0.717, 1.165) is 29.5 Å². The maximum absolute atomic E-state index is 6.09. The molecule has 5 nitrogen and oxygen atoms in total. The van der Waals surface area contributed by atoms with E-state index in [9.17, 15) is 0 Å². The van der Waals surface area contributed by atoms with Crippen LogP contribution in [0.1, 0.15) is 18.2 Å².